The average molecular weight is 352 g/mol. The molecule has 0 aliphatic rings. The molecule has 0 aromatic carbocycles. The van der Waals surface area contributed by atoms with Gasteiger partial charge in [0.15, 0.2) is 0 Å². The van der Waals surface area contributed by atoms with E-state index in [-0.39, 0.29) is 12.3 Å². The van der Waals surface area contributed by atoms with Crippen molar-refractivity contribution in [2.75, 3.05) is 25.9 Å². The standard InChI is InChI=1S/C16H24N4O3S/c1-4-19(24(3,22)23)9-6-8-17-15(21)11-14-12-18-16-13(2)7-5-10-20(14)16/h5,7,10,12H,4,6,8-9,11H2,1-3H3,(H,17,21). The zero-order valence-corrected chi connectivity index (χ0v) is 15.1. The molecule has 24 heavy (non-hydrogen) atoms. The van der Waals surface area contributed by atoms with Crippen molar-refractivity contribution in [1.82, 2.24) is 19.0 Å². The van der Waals surface area contributed by atoms with Crippen molar-refractivity contribution in [2.45, 2.75) is 26.7 Å². The van der Waals surface area contributed by atoms with Gasteiger partial charge < -0.3 is 9.72 Å². The predicted octanol–water partition coefficient (Wildman–Crippen LogP) is 0.973. The summed E-state index contributed by atoms with van der Waals surface area (Å²) in [6.07, 6.45) is 5.63. The number of aryl methyl sites for hydroxylation is 1. The predicted molar refractivity (Wildman–Crippen MR) is 93.4 cm³/mol. The summed E-state index contributed by atoms with van der Waals surface area (Å²) < 4.78 is 26.3. The summed E-state index contributed by atoms with van der Waals surface area (Å²) in [6.45, 7) is 5.07. The van der Waals surface area contributed by atoms with Crippen LogP contribution in [0.5, 0.6) is 0 Å². The number of hydrogen-bond acceptors (Lipinski definition) is 4. The highest BCUT2D eigenvalue weighted by Crippen LogP contribution is 2.11. The van der Waals surface area contributed by atoms with Gasteiger partial charge in [0.25, 0.3) is 0 Å². The van der Waals surface area contributed by atoms with Crippen LogP contribution in [0.1, 0.15) is 24.6 Å². The maximum atomic E-state index is 12.1. The van der Waals surface area contributed by atoms with Gasteiger partial charge in [0.05, 0.1) is 18.4 Å². The molecule has 0 radical (unpaired) electrons. The molecule has 0 saturated heterocycles. The van der Waals surface area contributed by atoms with E-state index < -0.39 is 10.0 Å². The Hall–Kier alpha value is -1.93. The monoisotopic (exact) mass is 352 g/mol. The molecule has 132 valence electrons. The van der Waals surface area contributed by atoms with Crippen LogP contribution < -0.4 is 5.32 Å². The van der Waals surface area contributed by atoms with Crippen LogP contribution in [0.2, 0.25) is 0 Å². The van der Waals surface area contributed by atoms with Crippen molar-refractivity contribution in [1.29, 1.82) is 0 Å². The lowest BCUT2D eigenvalue weighted by Gasteiger charge is -2.17. The molecule has 0 saturated carbocycles. The first-order chi connectivity index (χ1) is 11.3. The van der Waals surface area contributed by atoms with Crippen LogP contribution in [0, 0.1) is 6.92 Å². The normalized spacial score (nSPS) is 12.0. The van der Waals surface area contributed by atoms with E-state index >= 15 is 0 Å². The Morgan fingerprint density at radius 2 is 2.17 bits per heavy atom. The van der Waals surface area contributed by atoms with Crippen LogP contribution in [0.15, 0.2) is 24.5 Å². The molecule has 2 rings (SSSR count). The lowest BCUT2D eigenvalue weighted by Crippen LogP contribution is -2.34. The third kappa shape index (κ3) is 4.55. The molecule has 1 amide bonds. The number of carbonyl (C=O) groups is 1. The number of nitrogens with zero attached hydrogens (tertiary/aromatic N) is 3. The minimum Gasteiger partial charge on any atom is -0.356 e. The summed E-state index contributed by atoms with van der Waals surface area (Å²) in [5.41, 5.74) is 2.74. The van der Waals surface area contributed by atoms with E-state index in [0.717, 1.165) is 16.9 Å². The van der Waals surface area contributed by atoms with E-state index in [1.165, 1.54) is 10.6 Å². The van der Waals surface area contributed by atoms with Gasteiger partial charge in [-0.1, -0.05) is 13.0 Å². The maximum Gasteiger partial charge on any atom is 0.226 e. The number of imidazole rings is 1. The second-order valence-electron chi connectivity index (χ2n) is 5.77. The molecule has 2 aromatic heterocycles. The molecule has 0 fully saturated rings. The van der Waals surface area contributed by atoms with Gasteiger partial charge in [-0.25, -0.2) is 17.7 Å². The van der Waals surface area contributed by atoms with E-state index in [9.17, 15) is 13.2 Å². The summed E-state index contributed by atoms with van der Waals surface area (Å²) >= 11 is 0. The number of hydrogen-bond donors (Lipinski definition) is 1. The van der Waals surface area contributed by atoms with Gasteiger partial charge >= 0.3 is 0 Å². The van der Waals surface area contributed by atoms with E-state index in [4.69, 9.17) is 0 Å². The number of fused-ring (bicyclic) bond motifs is 1. The van der Waals surface area contributed by atoms with Crippen molar-refractivity contribution >= 4 is 21.6 Å². The molecule has 2 heterocycles. The second-order valence-corrected chi connectivity index (χ2v) is 7.75. The van der Waals surface area contributed by atoms with Gasteiger partial charge in [-0.3, -0.25) is 4.79 Å². The van der Waals surface area contributed by atoms with Crippen molar-refractivity contribution < 1.29 is 13.2 Å². The van der Waals surface area contributed by atoms with Crippen LogP contribution >= 0.6 is 0 Å². The van der Waals surface area contributed by atoms with Crippen molar-refractivity contribution in [3.05, 3.63) is 35.8 Å². The smallest absolute Gasteiger partial charge is 0.226 e. The van der Waals surface area contributed by atoms with Crippen LogP contribution in [0.4, 0.5) is 0 Å². The first-order valence-corrected chi connectivity index (χ1v) is 9.81. The quantitative estimate of drug-likeness (QED) is 0.718. The molecule has 0 unspecified atom stereocenters. The molecule has 7 nitrogen and oxygen atoms in total. The molecule has 0 aliphatic carbocycles. The van der Waals surface area contributed by atoms with Gasteiger partial charge in [-0.2, -0.15) is 0 Å². The molecule has 0 spiro atoms. The fourth-order valence-corrected chi connectivity index (χ4v) is 3.53. The van der Waals surface area contributed by atoms with Crippen LogP contribution in [0.3, 0.4) is 0 Å². The summed E-state index contributed by atoms with van der Waals surface area (Å²) in [7, 11) is -3.18. The van der Waals surface area contributed by atoms with Gasteiger partial charge in [0.1, 0.15) is 5.65 Å². The Balaban J connectivity index is 1.84. The average Bonchev–Trinajstić information content (AvgIpc) is 2.90. The van der Waals surface area contributed by atoms with E-state index in [1.807, 2.05) is 29.7 Å². The van der Waals surface area contributed by atoms with E-state index in [1.54, 1.807) is 13.1 Å². The third-order valence-electron chi connectivity index (χ3n) is 3.88. The highest BCUT2D eigenvalue weighted by Gasteiger charge is 2.14. The molecule has 0 bridgehead atoms. The number of rotatable bonds is 8. The number of carbonyl (C=O) groups excluding carboxylic acids is 1. The Bertz CT molecular complexity index is 814. The fraction of sp³-hybridized carbons (Fsp3) is 0.500. The van der Waals surface area contributed by atoms with Gasteiger partial charge in [0, 0.05) is 32.0 Å². The molecule has 1 N–H and O–H groups in total. The minimum atomic E-state index is -3.18. The Labute approximate surface area is 142 Å². The van der Waals surface area contributed by atoms with E-state index in [2.05, 4.69) is 10.3 Å². The fourth-order valence-electron chi connectivity index (χ4n) is 2.60. The van der Waals surface area contributed by atoms with Crippen LogP contribution in [0.25, 0.3) is 5.65 Å². The number of nitrogens with one attached hydrogen (secondary N) is 1. The van der Waals surface area contributed by atoms with Gasteiger partial charge in [-0.15, -0.1) is 0 Å². The van der Waals surface area contributed by atoms with Gasteiger partial charge in [0.2, 0.25) is 15.9 Å². The van der Waals surface area contributed by atoms with Crippen molar-refractivity contribution in [2.24, 2.45) is 0 Å². The Morgan fingerprint density at radius 1 is 1.42 bits per heavy atom. The van der Waals surface area contributed by atoms with Crippen molar-refractivity contribution in [3.8, 4) is 0 Å². The molecule has 0 aliphatic heterocycles. The minimum absolute atomic E-state index is 0.0966. The SMILES string of the molecule is CCN(CCCNC(=O)Cc1cnc2c(C)cccn12)S(C)(=O)=O. The van der Waals surface area contributed by atoms with Gasteiger partial charge in [-0.05, 0) is 25.0 Å². The maximum absolute atomic E-state index is 12.1. The summed E-state index contributed by atoms with van der Waals surface area (Å²) in [4.78, 5) is 16.4. The first-order valence-electron chi connectivity index (χ1n) is 7.96. The zero-order valence-electron chi connectivity index (χ0n) is 14.3. The van der Waals surface area contributed by atoms with E-state index in [0.29, 0.717) is 26.1 Å². The van der Waals surface area contributed by atoms with Crippen LogP contribution in [-0.4, -0.2) is 53.9 Å². The zero-order chi connectivity index (χ0) is 17.7. The summed E-state index contributed by atoms with van der Waals surface area (Å²) in [5.74, 6) is -0.0966. The second kappa shape index (κ2) is 7.76. The van der Waals surface area contributed by atoms with Crippen LogP contribution in [-0.2, 0) is 21.2 Å². The lowest BCUT2D eigenvalue weighted by molar-refractivity contribution is -0.120. The Kier molecular flexibility index (Phi) is 5.95. The molecule has 0 atom stereocenters. The Morgan fingerprint density at radius 3 is 2.83 bits per heavy atom. The summed E-state index contributed by atoms with van der Waals surface area (Å²) in [6, 6.07) is 3.91. The molecular weight excluding hydrogens is 328 g/mol. The highest BCUT2D eigenvalue weighted by molar-refractivity contribution is 7.88. The number of pyridine rings is 1. The number of amides is 1. The highest BCUT2D eigenvalue weighted by atomic mass is 32.2. The summed E-state index contributed by atoms with van der Waals surface area (Å²) in [5, 5.41) is 2.83. The molecule has 2 aromatic rings. The molecule has 8 heteroatoms. The number of sulfonamides is 1. The van der Waals surface area contributed by atoms with Crippen molar-refractivity contribution in [3.63, 3.8) is 0 Å². The lowest BCUT2D eigenvalue weighted by atomic mass is 10.3. The largest absolute Gasteiger partial charge is 0.356 e. The topological polar surface area (TPSA) is 83.8 Å². The first kappa shape index (κ1) is 18.4. The molecular formula is C16H24N4O3S. The third-order valence-corrected chi connectivity index (χ3v) is 5.26. The number of aromatic nitrogens is 2.